The number of aromatic nitrogens is 5. The molecule has 2 aromatic carbocycles. The summed E-state index contributed by atoms with van der Waals surface area (Å²) >= 11 is 12.3. The van der Waals surface area contributed by atoms with E-state index in [2.05, 4.69) is 15.0 Å². The van der Waals surface area contributed by atoms with E-state index in [0.717, 1.165) is 33.2 Å². The number of rotatable bonds is 9. The zero-order valence-corrected chi connectivity index (χ0v) is 20.6. The summed E-state index contributed by atoms with van der Waals surface area (Å²) < 4.78 is 1.49. The van der Waals surface area contributed by atoms with Crippen LogP contribution in [0.25, 0.3) is 21.8 Å². The average molecular weight is 522 g/mol. The first-order valence-corrected chi connectivity index (χ1v) is 12.1. The summed E-state index contributed by atoms with van der Waals surface area (Å²) in [5.41, 5.74) is 3.50. The van der Waals surface area contributed by atoms with Crippen molar-refractivity contribution < 1.29 is 4.92 Å². The Morgan fingerprint density at radius 2 is 1.42 bits per heavy atom. The maximum absolute atomic E-state index is 10.9. The van der Waals surface area contributed by atoms with E-state index in [4.69, 9.17) is 33.2 Å². The van der Waals surface area contributed by atoms with Gasteiger partial charge in [0.05, 0.1) is 29.0 Å². The number of pyridine rings is 2. The van der Waals surface area contributed by atoms with Crippen LogP contribution in [0.3, 0.4) is 0 Å². The molecule has 11 heteroatoms. The van der Waals surface area contributed by atoms with E-state index < -0.39 is 10.9 Å². The first kappa shape index (κ1) is 24.1. The van der Waals surface area contributed by atoms with Crippen molar-refractivity contribution >= 4 is 51.0 Å². The number of hydrogen-bond acceptors (Lipinski definition) is 7. The minimum atomic E-state index is -0.599. The first-order valence-electron chi connectivity index (χ1n) is 11.3. The molecule has 182 valence electrons. The molecule has 0 bridgehead atoms. The van der Waals surface area contributed by atoms with E-state index in [9.17, 15) is 10.1 Å². The second-order valence-electron chi connectivity index (χ2n) is 8.41. The number of hydrogen-bond donors (Lipinski definition) is 0. The molecular formula is C25H21Cl2N7O2. The molecule has 9 nitrogen and oxygen atoms in total. The Balaban J connectivity index is 1.35. The van der Waals surface area contributed by atoms with Gasteiger partial charge in [-0.1, -0.05) is 52.5 Å². The summed E-state index contributed by atoms with van der Waals surface area (Å²) in [7, 11) is 0. The third kappa shape index (κ3) is 5.76. The lowest BCUT2D eigenvalue weighted by atomic mass is 10.2. The van der Waals surface area contributed by atoms with Crippen molar-refractivity contribution in [2.45, 2.75) is 26.1 Å². The fourth-order valence-electron chi connectivity index (χ4n) is 4.05. The van der Waals surface area contributed by atoms with Gasteiger partial charge in [0.1, 0.15) is 0 Å². The van der Waals surface area contributed by atoms with E-state index >= 15 is 0 Å². The van der Waals surface area contributed by atoms with Crippen molar-refractivity contribution in [1.29, 1.82) is 0 Å². The van der Waals surface area contributed by atoms with Crippen LogP contribution in [-0.4, -0.2) is 41.1 Å². The zero-order valence-electron chi connectivity index (χ0n) is 19.1. The number of benzene rings is 2. The highest BCUT2D eigenvalue weighted by Crippen LogP contribution is 2.21. The standard InChI is InChI=1S/C25H21Cl2N7O2/c26-19-6-2-17-4-8-21(29-23(17)12-19)14-32(10-1-11-33-16-28-25(31-33)34(35)36)15-22-9-5-18-3-7-20(27)13-24(18)30-22/h2-9,12-13,16H,1,10-11,14-15H2. The van der Waals surface area contributed by atoms with Crippen LogP contribution in [0.5, 0.6) is 0 Å². The van der Waals surface area contributed by atoms with Crippen molar-refractivity contribution in [3.05, 3.63) is 98.5 Å². The third-order valence-corrected chi connectivity index (χ3v) is 6.21. The van der Waals surface area contributed by atoms with E-state index in [-0.39, 0.29) is 0 Å². The Hall–Kier alpha value is -3.66. The molecule has 36 heavy (non-hydrogen) atoms. The van der Waals surface area contributed by atoms with Gasteiger partial charge in [-0.3, -0.25) is 14.9 Å². The van der Waals surface area contributed by atoms with Gasteiger partial charge in [0.2, 0.25) is 6.33 Å². The maximum atomic E-state index is 10.9. The van der Waals surface area contributed by atoms with E-state index in [1.165, 1.54) is 11.0 Å². The molecule has 0 fully saturated rings. The number of aryl methyl sites for hydroxylation is 1. The van der Waals surface area contributed by atoms with Gasteiger partial charge in [-0.2, -0.15) is 4.68 Å². The van der Waals surface area contributed by atoms with Crippen LogP contribution in [-0.2, 0) is 19.6 Å². The molecule has 5 rings (SSSR count). The topological polar surface area (TPSA) is 103 Å². The highest BCUT2D eigenvalue weighted by molar-refractivity contribution is 6.31. The molecule has 0 atom stereocenters. The molecule has 0 N–H and O–H groups in total. The summed E-state index contributed by atoms with van der Waals surface area (Å²) in [5, 5.41) is 18.1. The molecule has 0 unspecified atom stereocenters. The van der Waals surface area contributed by atoms with Gasteiger partial charge >= 0.3 is 5.95 Å². The van der Waals surface area contributed by atoms with Gasteiger partial charge in [0.15, 0.2) is 0 Å². The number of halogens is 2. The summed E-state index contributed by atoms with van der Waals surface area (Å²) in [6.45, 7) is 2.38. The Labute approximate surface area is 216 Å². The van der Waals surface area contributed by atoms with Crippen LogP contribution in [0.1, 0.15) is 17.8 Å². The first-order chi connectivity index (χ1) is 17.4. The molecule has 0 radical (unpaired) electrons. The van der Waals surface area contributed by atoms with Crippen molar-refractivity contribution in [2.75, 3.05) is 6.54 Å². The lowest BCUT2D eigenvalue weighted by Crippen LogP contribution is -2.26. The van der Waals surface area contributed by atoms with E-state index in [1.807, 2.05) is 60.7 Å². The number of nitro groups is 1. The molecule has 0 saturated heterocycles. The molecule has 0 aliphatic rings. The number of nitrogens with zero attached hydrogens (tertiary/aromatic N) is 7. The van der Waals surface area contributed by atoms with E-state index in [0.29, 0.717) is 42.6 Å². The monoisotopic (exact) mass is 521 g/mol. The largest absolute Gasteiger partial charge is 0.490 e. The summed E-state index contributed by atoms with van der Waals surface area (Å²) in [6, 6.07) is 19.4. The minimum Gasteiger partial charge on any atom is -0.390 e. The molecular weight excluding hydrogens is 501 g/mol. The van der Waals surface area contributed by atoms with Crippen LogP contribution in [0.4, 0.5) is 5.95 Å². The van der Waals surface area contributed by atoms with Gasteiger partial charge < -0.3 is 10.1 Å². The second kappa shape index (κ2) is 10.5. The van der Waals surface area contributed by atoms with Crippen LogP contribution in [0, 0.1) is 10.1 Å². The highest BCUT2D eigenvalue weighted by Gasteiger charge is 2.15. The van der Waals surface area contributed by atoms with Gasteiger partial charge in [0.25, 0.3) is 0 Å². The Morgan fingerprint density at radius 1 is 0.861 bits per heavy atom. The molecule has 0 spiro atoms. The predicted octanol–water partition coefficient (Wildman–Crippen LogP) is 5.68. The smallest absolute Gasteiger partial charge is 0.390 e. The van der Waals surface area contributed by atoms with Crippen molar-refractivity contribution in [2.24, 2.45) is 0 Å². The molecule has 5 aromatic rings. The normalized spacial score (nSPS) is 11.5. The number of fused-ring (bicyclic) bond motifs is 2. The lowest BCUT2D eigenvalue weighted by Gasteiger charge is -2.22. The summed E-state index contributed by atoms with van der Waals surface area (Å²) in [5.74, 6) is -0.398. The third-order valence-electron chi connectivity index (χ3n) is 5.74. The second-order valence-corrected chi connectivity index (χ2v) is 9.28. The van der Waals surface area contributed by atoms with Crippen molar-refractivity contribution in [3.63, 3.8) is 0 Å². The van der Waals surface area contributed by atoms with Crippen molar-refractivity contribution in [1.82, 2.24) is 29.6 Å². The molecule has 0 amide bonds. The fraction of sp³-hybridized carbons (Fsp3) is 0.200. The molecule has 3 aromatic heterocycles. The fourth-order valence-corrected chi connectivity index (χ4v) is 4.38. The zero-order chi connectivity index (χ0) is 25.1. The van der Waals surface area contributed by atoms with Gasteiger partial charge in [-0.15, -0.1) is 0 Å². The minimum absolute atomic E-state index is 0.398. The summed E-state index contributed by atoms with van der Waals surface area (Å²) in [4.78, 5) is 25.8. The molecule has 0 aliphatic carbocycles. The van der Waals surface area contributed by atoms with Crippen LogP contribution >= 0.6 is 23.2 Å². The van der Waals surface area contributed by atoms with Crippen LogP contribution in [0.15, 0.2) is 67.0 Å². The lowest BCUT2D eigenvalue weighted by molar-refractivity contribution is -0.394. The van der Waals surface area contributed by atoms with Crippen LogP contribution < -0.4 is 0 Å². The van der Waals surface area contributed by atoms with Gasteiger partial charge in [-0.05, 0) is 47.7 Å². The van der Waals surface area contributed by atoms with Gasteiger partial charge in [0, 0.05) is 45.6 Å². The molecule has 0 aliphatic heterocycles. The quantitative estimate of drug-likeness (QED) is 0.181. The van der Waals surface area contributed by atoms with Gasteiger partial charge in [-0.25, -0.2) is 0 Å². The van der Waals surface area contributed by atoms with E-state index in [1.54, 1.807) is 0 Å². The SMILES string of the molecule is O=[N+]([O-])c1ncn(CCCN(Cc2ccc3ccc(Cl)cc3n2)Cc2ccc3ccc(Cl)cc3n2)n1. The maximum Gasteiger partial charge on any atom is 0.490 e. The Bertz CT molecular complexity index is 1470. The molecule has 3 heterocycles. The Kier molecular flexibility index (Phi) is 7.04. The summed E-state index contributed by atoms with van der Waals surface area (Å²) in [6.07, 6.45) is 2.09. The predicted molar refractivity (Wildman–Crippen MR) is 139 cm³/mol. The highest BCUT2D eigenvalue weighted by atomic mass is 35.5. The average Bonchev–Trinajstić information content (AvgIpc) is 3.33. The Morgan fingerprint density at radius 3 is 1.94 bits per heavy atom. The van der Waals surface area contributed by atoms with Crippen molar-refractivity contribution in [3.8, 4) is 0 Å². The molecule has 0 saturated carbocycles. The van der Waals surface area contributed by atoms with Crippen LogP contribution in [0.2, 0.25) is 10.0 Å².